The smallest absolute Gasteiger partial charge is 0.119 e. The lowest BCUT2D eigenvalue weighted by atomic mass is 10.1. The van der Waals surface area contributed by atoms with Crippen LogP contribution in [0.2, 0.25) is 0 Å². The van der Waals surface area contributed by atoms with Crippen LogP contribution in [0, 0.1) is 0 Å². The number of hydrogen-bond donors (Lipinski definition) is 2. The van der Waals surface area contributed by atoms with Gasteiger partial charge in [0.25, 0.3) is 0 Å². The zero-order valence-corrected chi connectivity index (χ0v) is 9.97. The summed E-state index contributed by atoms with van der Waals surface area (Å²) in [6, 6.07) is 13.7. The lowest BCUT2D eigenvalue weighted by Crippen LogP contribution is -2.08. The van der Waals surface area contributed by atoms with Crippen molar-refractivity contribution >= 4 is 27.5 Å². The van der Waals surface area contributed by atoms with Crippen LogP contribution in [-0.2, 0) is 0 Å². The molecule has 0 spiro atoms. The van der Waals surface area contributed by atoms with Gasteiger partial charge in [-0.2, -0.15) is 0 Å². The van der Waals surface area contributed by atoms with E-state index >= 15 is 0 Å². The second-order valence-electron chi connectivity index (χ2n) is 4.03. The number of benzene rings is 2. The Labute approximate surface area is 104 Å². The van der Waals surface area contributed by atoms with Crippen LogP contribution in [0.5, 0.6) is 5.75 Å². The van der Waals surface area contributed by atoms with Crippen molar-refractivity contribution in [1.82, 2.24) is 4.98 Å². The first-order chi connectivity index (χ1) is 8.83. The van der Waals surface area contributed by atoms with Crippen molar-refractivity contribution < 1.29 is 4.74 Å². The predicted octanol–water partition coefficient (Wildman–Crippen LogP) is 2.68. The fourth-order valence-electron chi connectivity index (χ4n) is 2.15. The molecule has 0 aliphatic carbocycles. The fourth-order valence-corrected chi connectivity index (χ4v) is 2.15. The Morgan fingerprint density at radius 2 is 1.83 bits per heavy atom. The molecule has 1 heterocycles. The van der Waals surface area contributed by atoms with Crippen LogP contribution in [0.4, 0.5) is 5.69 Å². The number of ether oxygens (including phenoxy) is 1. The van der Waals surface area contributed by atoms with Crippen molar-refractivity contribution in [3.05, 3.63) is 42.5 Å². The maximum Gasteiger partial charge on any atom is 0.119 e. The van der Waals surface area contributed by atoms with Gasteiger partial charge < -0.3 is 10.2 Å². The van der Waals surface area contributed by atoms with Gasteiger partial charge in [0.1, 0.15) is 5.75 Å². The van der Waals surface area contributed by atoms with Gasteiger partial charge in [-0.1, -0.05) is 18.2 Å². The van der Waals surface area contributed by atoms with Gasteiger partial charge in [0, 0.05) is 10.8 Å². The Bertz CT molecular complexity index is 725. The summed E-state index contributed by atoms with van der Waals surface area (Å²) in [5, 5.41) is 1.95. The summed E-state index contributed by atoms with van der Waals surface area (Å²) in [4.78, 5) is 4.61. The molecule has 2 aromatic carbocycles. The van der Waals surface area contributed by atoms with E-state index in [-0.39, 0.29) is 0 Å². The number of fused-ring (bicyclic) bond motifs is 2. The molecule has 3 N–H and O–H groups in total. The number of anilines is 1. The molecule has 0 fully saturated rings. The van der Waals surface area contributed by atoms with E-state index in [9.17, 15) is 0 Å². The average Bonchev–Trinajstić information content (AvgIpc) is 2.44. The minimum Gasteiger partial charge on any atom is -0.497 e. The Morgan fingerprint density at radius 1 is 1.06 bits per heavy atom. The van der Waals surface area contributed by atoms with Crippen molar-refractivity contribution in [2.24, 2.45) is 5.84 Å². The first-order valence-corrected chi connectivity index (χ1v) is 5.66. The number of para-hydroxylation sites is 1. The molecule has 0 bridgehead atoms. The number of aromatic nitrogens is 1. The minimum absolute atomic E-state index is 0.788. The van der Waals surface area contributed by atoms with E-state index < -0.39 is 0 Å². The van der Waals surface area contributed by atoms with E-state index in [0.29, 0.717) is 0 Å². The van der Waals surface area contributed by atoms with Crippen LogP contribution < -0.4 is 16.0 Å². The molecular weight excluding hydrogens is 226 g/mol. The normalized spacial score (nSPS) is 10.8. The molecule has 0 aliphatic rings. The topological polar surface area (TPSA) is 60.2 Å². The maximum atomic E-state index is 5.65. The number of nitrogens with two attached hydrogens (primary N) is 1. The highest BCUT2D eigenvalue weighted by Crippen LogP contribution is 2.32. The lowest BCUT2D eigenvalue weighted by molar-refractivity contribution is 0.415. The van der Waals surface area contributed by atoms with Gasteiger partial charge in [-0.25, -0.2) is 4.98 Å². The third kappa shape index (κ3) is 1.55. The Kier molecular flexibility index (Phi) is 2.50. The highest BCUT2D eigenvalue weighted by atomic mass is 16.5. The Hall–Kier alpha value is -2.33. The van der Waals surface area contributed by atoms with Gasteiger partial charge in [0.05, 0.1) is 23.8 Å². The molecule has 90 valence electrons. The van der Waals surface area contributed by atoms with E-state index in [1.54, 1.807) is 7.11 Å². The standard InChI is InChI=1S/C14H13N3O/c1-18-9-6-7-13-11(8-9)14(17-15)10-4-2-3-5-12(10)16-13/h2-8H,15H2,1H3,(H,16,17). The van der Waals surface area contributed by atoms with Crippen LogP contribution in [-0.4, -0.2) is 12.1 Å². The molecule has 4 heteroatoms. The van der Waals surface area contributed by atoms with Crippen molar-refractivity contribution in [3.8, 4) is 5.75 Å². The molecule has 3 aromatic rings. The summed E-state index contributed by atoms with van der Waals surface area (Å²) in [6.07, 6.45) is 0. The van der Waals surface area contributed by atoms with Gasteiger partial charge in [-0.3, -0.25) is 5.84 Å². The second kappa shape index (κ2) is 4.16. The van der Waals surface area contributed by atoms with E-state index in [1.807, 2.05) is 42.5 Å². The third-order valence-electron chi connectivity index (χ3n) is 3.03. The Balaban J connectivity index is 2.46. The van der Waals surface area contributed by atoms with Gasteiger partial charge in [-0.05, 0) is 24.3 Å². The summed E-state index contributed by atoms with van der Waals surface area (Å²) in [5.74, 6) is 6.44. The first kappa shape index (κ1) is 10.8. The van der Waals surface area contributed by atoms with Gasteiger partial charge in [-0.15, -0.1) is 0 Å². The van der Waals surface area contributed by atoms with Crippen LogP contribution in [0.1, 0.15) is 0 Å². The monoisotopic (exact) mass is 239 g/mol. The molecule has 0 amide bonds. The molecule has 18 heavy (non-hydrogen) atoms. The van der Waals surface area contributed by atoms with E-state index in [2.05, 4.69) is 10.4 Å². The molecular formula is C14H13N3O. The summed E-state index contributed by atoms with van der Waals surface area (Å²) < 4.78 is 5.24. The van der Waals surface area contributed by atoms with E-state index in [1.165, 1.54) is 0 Å². The summed E-state index contributed by atoms with van der Waals surface area (Å²) >= 11 is 0. The first-order valence-electron chi connectivity index (χ1n) is 5.66. The zero-order valence-electron chi connectivity index (χ0n) is 9.97. The van der Waals surface area contributed by atoms with Crippen molar-refractivity contribution in [3.63, 3.8) is 0 Å². The van der Waals surface area contributed by atoms with E-state index in [0.717, 1.165) is 33.2 Å². The number of methoxy groups -OCH3 is 1. The number of hydrogen-bond acceptors (Lipinski definition) is 4. The van der Waals surface area contributed by atoms with E-state index in [4.69, 9.17) is 10.6 Å². The molecule has 0 saturated heterocycles. The van der Waals surface area contributed by atoms with Crippen LogP contribution in [0.25, 0.3) is 21.8 Å². The van der Waals surface area contributed by atoms with Crippen LogP contribution >= 0.6 is 0 Å². The minimum atomic E-state index is 0.788. The highest BCUT2D eigenvalue weighted by molar-refractivity contribution is 6.07. The number of nitrogen functional groups attached to an aromatic ring is 1. The maximum absolute atomic E-state index is 5.65. The molecule has 0 aliphatic heterocycles. The summed E-state index contributed by atoms with van der Waals surface area (Å²) in [6.45, 7) is 0. The molecule has 0 radical (unpaired) electrons. The molecule has 0 unspecified atom stereocenters. The SMILES string of the molecule is COc1ccc2nc3ccccc3c(NN)c2c1. The van der Waals surface area contributed by atoms with Crippen LogP contribution in [0.3, 0.4) is 0 Å². The second-order valence-corrected chi connectivity index (χ2v) is 4.03. The van der Waals surface area contributed by atoms with Crippen molar-refractivity contribution in [1.29, 1.82) is 0 Å². The van der Waals surface area contributed by atoms with Crippen molar-refractivity contribution in [2.75, 3.05) is 12.5 Å². The average molecular weight is 239 g/mol. The van der Waals surface area contributed by atoms with Gasteiger partial charge >= 0.3 is 0 Å². The van der Waals surface area contributed by atoms with Crippen molar-refractivity contribution in [2.45, 2.75) is 0 Å². The number of hydrazine groups is 1. The highest BCUT2D eigenvalue weighted by Gasteiger charge is 2.08. The number of nitrogens with zero attached hydrogens (tertiary/aromatic N) is 1. The van der Waals surface area contributed by atoms with Crippen LogP contribution in [0.15, 0.2) is 42.5 Å². The number of pyridine rings is 1. The largest absolute Gasteiger partial charge is 0.497 e. The molecule has 4 nitrogen and oxygen atoms in total. The lowest BCUT2D eigenvalue weighted by Gasteiger charge is -2.10. The Morgan fingerprint density at radius 3 is 2.61 bits per heavy atom. The third-order valence-corrected chi connectivity index (χ3v) is 3.03. The molecule has 1 aromatic heterocycles. The van der Waals surface area contributed by atoms with Gasteiger partial charge in [0.15, 0.2) is 0 Å². The number of nitrogens with one attached hydrogen (secondary N) is 1. The summed E-state index contributed by atoms with van der Waals surface area (Å²) in [7, 11) is 1.64. The van der Waals surface area contributed by atoms with Gasteiger partial charge in [0.2, 0.25) is 0 Å². The fraction of sp³-hybridized carbons (Fsp3) is 0.0714. The molecule has 3 rings (SSSR count). The molecule has 0 atom stereocenters. The molecule has 0 saturated carbocycles. The quantitative estimate of drug-likeness (QED) is 0.410. The summed E-state index contributed by atoms with van der Waals surface area (Å²) in [5.41, 5.74) is 5.45. The zero-order chi connectivity index (χ0) is 12.5. The number of rotatable bonds is 2. The predicted molar refractivity (Wildman–Crippen MR) is 73.6 cm³/mol.